The topological polar surface area (TPSA) is 160 Å². The molecule has 1 heterocycles. The van der Waals surface area contributed by atoms with Crippen LogP contribution >= 0.6 is 7.60 Å². The standard InChI is InChI=1S/C17H31N2O9P/c1-6-17(3,28-29(25,26)11(2)21)7-8-27-14(13(22)10-20)12-9-18(4)16(24)19(5)15(12)23/h9,11,13-14,20-22H,6-8,10H2,1-5H3,(H,25,26)/t11?,13-,14+,17?/m1/s1. The van der Waals surface area contributed by atoms with Crippen LogP contribution in [0.15, 0.2) is 15.8 Å². The van der Waals surface area contributed by atoms with Gasteiger partial charge in [0.25, 0.3) is 5.56 Å². The second-order valence-electron chi connectivity index (χ2n) is 7.22. The third kappa shape index (κ3) is 6.32. The van der Waals surface area contributed by atoms with Gasteiger partial charge in [0.1, 0.15) is 12.2 Å². The van der Waals surface area contributed by atoms with Gasteiger partial charge in [-0.1, -0.05) is 6.92 Å². The number of hydrogen-bond donors (Lipinski definition) is 4. The summed E-state index contributed by atoms with van der Waals surface area (Å²) in [5, 5.41) is 28.9. The molecule has 0 aliphatic heterocycles. The molecule has 0 amide bonds. The SMILES string of the molecule is CCC(C)(CCO[C@@H](c1cn(C)c(=O)n(C)c1=O)[C@H](O)CO)OP(=O)(O)C(C)O. The predicted molar refractivity (Wildman–Crippen MR) is 105 cm³/mol. The van der Waals surface area contributed by atoms with Crippen LogP contribution in [-0.2, 0) is 27.9 Å². The van der Waals surface area contributed by atoms with Crippen LogP contribution in [0.3, 0.4) is 0 Å². The first-order valence-corrected chi connectivity index (χ1v) is 10.8. The minimum atomic E-state index is -4.26. The van der Waals surface area contributed by atoms with Gasteiger partial charge in [0.15, 0.2) is 5.85 Å². The summed E-state index contributed by atoms with van der Waals surface area (Å²) in [5.41, 5.74) is -2.37. The molecule has 5 atom stereocenters. The summed E-state index contributed by atoms with van der Waals surface area (Å²) < 4.78 is 24.9. The van der Waals surface area contributed by atoms with E-state index >= 15 is 0 Å². The van der Waals surface area contributed by atoms with Gasteiger partial charge in [-0.15, -0.1) is 0 Å². The summed E-state index contributed by atoms with van der Waals surface area (Å²) in [7, 11) is -1.54. The van der Waals surface area contributed by atoms with Crippen molar-refractivity contribution in [2.75, 3.05) is 13.2 Å². The van der Waals surface area contributed by atoms with E-state index in [0.717, 1.165) is 16.1 Å². The van der Waals surface area contributed by atoms with Crippen LogP contribution in [0.2, 0.25) is 0 Å². The van der Waals surface area contributed by atoms with E-state index in [1.807, 2.05) is 0 Å². The third-order valence-electron chi connectivity index (χ3n) is 4.82. The van der Waals surface area contributed by atoms with Crippen molar-refractivity contribution in [1.82, 2.24) is 9.13 Å². The van der Waals surface area contributed by atoms with Gasteiger partial charge >= 0.3 is 13.3 Å². The molecule has 0 radical (unpaired) electrons. The number of aliphatic hydroxyl groups is 3. The Balaban J connectivity index is 3.07. The maximum atomic E-state index is 12.4. The maximum absolute atomic E-state index is 12.4. The summed E-state index contributed by atoms with van der Waals surface area (Å²) in [5.74, 6) is -1.56. The first-order valence-electron chi connectivity index (χ1n) is 9.18. The average Bonchev–Trinajstić information content (AvgIpc) is 2.65. The minimum Gasteiger partial charge on any atom is -0.394 e. The lowest BCUT2D eigenvalue weighted by Gasteiger charge is -2.32. The van der Waals surface area contributed by atoms with E-state index in [-0.39, 0.29) is 18.6 Å². The molecular formula is C17H31N2O9P. The molecule has 0 saturated heterocycles. The second-order valence-corrected chi connectivity index (χ2v) is 9.28. The van der Waals surface area contributed by atoms with Gasteiger partial charge in [0, 0.05) is 26.7 Å². The van der Waals surface area contributed by atoms with Crippen LogP contribution in [0.1, 0.15) is 45.3 Å². The average molecular weight is 438 g/mol. The Hall–Kier alpha value is -1.33. The highest BCUT2D eigenvalue weighted by Gasteiger charge is 2.37. The van der Waals surface area contributed by atoms with Crippen molar-refractivity contribution in [2.45, 2.75) is 57.3 Å². The predicted octanol–water partition coefficient (Wildman–Crippen LogP) is -0.406. The lowest BCUT2D eigenvalue weighted by atomic mass is 10.00. The largest absolute Gasteiger partial charge is 0.394 e. The van der Waals surface area contributed by atoms with Crippen molar-refractivity contribution in [3.8, 4) is 0 Å². The van der Waals surface area contributed by atoms with Crippen molar-refractivity contribution in [3.05, 3.63) is 32.6 Å². The molecule has 0 spiro atoms. The second kappa shape index (κ2) is 10.1. The van der Waals surface area contributed by atoms with Crippen molar-refractivity contribution in [1.29, 1.82) is 0 Å². The van der Waals surface area contributed by atoms with Crippen LogP contribution < -0.4 is 11.2 Å². The molecule has 168 valence electrons. The first kappa shape index (κ1) is 25.7. The van der Waals surface area contributed by atoms with E-state index in [1.165, 1.54) is 20.3 Å². The van der Waals surface area contributed by atoms with Crippen molar-refractivity contribution >= 4 is 7.60 Å². The van der Waals surface area contributed by atoms with E-state index in [0.29, 0.717) is 6.42 Å². The molecule has 0 bridgehead atoms. The summed E-state index contributed by atoms with van der Waals surface area (Å²) in [6.45, 7) is 3.66. The van der Waals surface area contributed by atoms with Crippen LogP contribution in [0.25, 0.3) is 0 Å². The molecule has 0 aromatic carbocycles. The molecule has 1 aromatic heterocycles. The monoisotopic (exact) mass is 438 g/mol. The number of nitrogens with zero attached hydrogens (tertiary/aromatic N) is 2. The minimum absolute atomic E-state index is 0.0212. The highest BCUT2D eigenvalue weighted by atomic mass is 31.2. The molecule has 0 aliphatic rings. The molecule has 29 heavy (non-hydrogen) atoms. The van der Waals surface area contributed by atoms with Crippen molar-refractivity contribution < 1.29 is 34.0 Å². The van der Waals surface area contributed by atoms with Gasteiger partial charge in [0.2, 0.25) is 0 Å². The van der Waals surface area contributed by atoms with Gasteiger partial charge in [-0.2, -0.15) is 0 Å². The number of rotatable bonds is 11. The fourth-order valence-corrected chi connectivity index (χ4v) is 3.62. The number of aryl methyl sites for hydroxylation is 1. The molecule has 1 rings (SSSR count). The number of aliphatic hydroxyl groups excluding tert-OH is 3. The normalized spacial score (nSPS) is 19.2. The van der Waals surface area contributed by atoms with Gasteiger partial charge in [-0.25, -0.2) is 4.79 Å². The molecule has 4 N–H and O–H groups in total. The maximum Gasteiger partial charge on any atom is 0.356 e. The molecule has 0 fully saturated rings. The molecule has 12 heteroatoms. The zero-order valence-corrected chi connectivity index (χ0v) is 18.2. The molecule has 0 aliphatic carbocycles. The van der Waals surface area contributed by atoms with Gasteiger partial charge in [0.05, 0.1) is 24.4 Å². The smallest absolute Gasteiger partial charge is 0.356 e. The summed E-state index contributed by atoms with van der Waals surface area (Å²) in [6, 6.07) is 0. The zero-order valence-electron chi connectivity index (χ0n) is 17.3. The molecule has 0 saturated carbocycles. The lowest BCUT2D eigenvalue weighted by molar-refractivity contribution is -0.0752. The molecule has 3 unspecified atom stereocenters. The van der Waals surface area contributed by atoms with Gasteiger partial charge in [-0.3, -0.25) is 13.9 Å². The Bertz CT molecular complexity index is 850. The Morgan fingerprint density at radius 2 is 1.86 bits per heavy atom. The van der Waals surface area contributed by atoms with Crippen LogP contribution in [0.4, 0.5) is 0 Å². The lowest BCUT2D eigenvalue weighted by Crippen LogP contribution is -2.41. The highest BCUT2D eigenvalue weighted by Crippen LogP contribution is 2.51. The van der Waals surface area contributed by atoms with Crippen LogP contribution in [0, 0.1) is 0 Å². The van der Waals surface area contributed by atoms with Gasteiger partial charge in [-0.05, 0) is 20.3 Å². The fourth-order valence-electron chi connectivity index (χ4n) is 2.62. The van der Waals surface area contributed by atoms with E-state index < -0.39 is 49.1 Å². The van der Waals surface area contributed by atoms with Crippen molar-refractivity contribution in [3.63, 3.8) is 0 Å². The van der Waals surface area contributed by atoms with Crippen LogP contribution in [0.5, 0.6) is 0 Å². The van der Waals surface area contributed by atoms with E-state index in [9.17, 15) is 34.4 Å². The number of aromatic nitrogens is 2. The summed E-state index contributed by atoms with van der Waals surface area (Å²) in [4.78, 5) is 34.1. The quantitative estimate of drug-likeness (QED) is 0.337. The fraction of sp³-hybridized carbons (Fsp3) is 0.765. The Kier molecular flexibility index (Phi) is 8.97. The zero-order chi connectivity index (χ0) is 22.6. The molecule has 1 aromatic rings. The van der Waals surface area contributed by atoms with Crippen molar-refractivity contribution in [2.24, 2.45) is 14.1 Å². The number of ether oxygens (including phenoxy) is 1. The molecule has 11 nitrogen and oxygen atoms in total. The summed E-state index contributed by atoms with van der Waals surface area (Å²) in [6.07, 6.45) is -1.01. The Morgan fingerprint density at radius 1 is 1.28 bits per heavy atom. The van der Waals surface area contributed by atoms with Crippen LogP contribution in [-0.4, -0.2) is 60.1 Å². The molecular weight excluding hydrogens is 407 g/mol. The highest BCUT2D eigenvalue weighted by molar-refractivity contribution is 7.53. The van der Waals surface area contributed by atoms with E-state index in [4.69, 9.17) is 9.26 Å². The Labute approximate surface area is 168 Å². The first-order chi connectivity index (χ1) is 13.3. The van der Waals surface area contributed by atoms with E-state index in [2.05, 4.69) is 0 Å². The van der Waals surface area contributed by atoms with E-state index in [1.54, 1.807) is 13.8 Å². The summed E-state index contributed by atoms with van der Waals surface area (Å²) >= 11 is 0. The third-order valence-corrected chi connectivity index (χ3v) is 6.46. The Morgan fingerprint density at radius 3 is 2.34 bits per heavy atom. The van der Waals surface area contributed by atoms with Gasteiger partial charge < -0.3 is 34.0 Å². The number of hydrogen-bond acceptors (Lipinski definition) is 8.